The van der Waals surface area contributed by atoms with E-state index in [4.69, 9.17) is 19.9 Å². The lowest BCUT2D eigenvalue weighted by Crippen LogP contribution is -2.02. The highest BCUT2D eigenvalue weighted by Crippen LogP contribution is 2.43. The molecule has 0 amide bonds. The number of nitrogens with two attached hydrogens (primary N) is 1. The summed E-state index contributed by atoms with van der Waals surface area (Å²) in [6.45, 7) is 0.753. The molecule has 0 unspecified atom stereocenters. The Hall–Kier alpha value is -1.49. The lowest BCUT2D eigenvalue weighted by molar-refractivity contribution is 0.173. The third-order valence-corrected chi connectivity index (χ3v) is 2.75. The monoisotopic (exact) mass is 241 g/mol. The van der Waals surface area contributed by atoms with Crippen molar-refractivity contribution in [2.75, 3.05) is 20.4 Å². The second kappa shape index (κ2) is 5.23. The van der Waals surface area contributed by atoms with Gasteiger partial charge in [-0.05, 0) is 25.8 Å². The molecule has 0 aromatic heterocycles. The first-order valence-corrected chi connectivity index (χ1v) is 5.63. The smallest absolute Gasteiger partial charge is 0.231 e. The fraction of sp³-hybridized carbons (Fsp3) is 0.500. The van der Waals surface area contributed by atoms with E-state index in [0.717, 1.165) is 18.4 Å². The number of rotatable bonds is 5. The van der Waals surface area contributed by atoms with Crippen molar-refractivity contribution < 1.29 is 18.6 Å². The fourth-order valence-corrected chi connectivity index (χ4v) is 1.95. The molecule has 2 N–H and O–H groups in total. The summed E-state index contributed by atoms with van der Waals surface area (Å²) >= 11 is 0. The van der Waals surface area contributed by atoms with Crippen LogP contribution in [0.5, 0.6) is 17.2 Å². The minimum Gasteiger partial charge on any atom is -0.493 e. The summed E-state index contributed by atoms with van der Waals surface area (Å²) in [5.74, 6) is 0.872. The molecule has 17 heavy (non-hydrogen) atoms. The van der Waals surface area contributed by atoms with Crippen LogP contribution in [-0.4, -0.2) is 20.4 Å². The van der Waals surface area contributed by atoms with Crippen LogP contribution < -0.4 is 19.9 Å². The van der Waals surface area contributed by atoms with Gasteiger partial charge in [0.15, 0.2) is 23.1 Å². The molecule has 0 saturated heterocycles. The largest absolute Gasteiger partial charge is 0.493 e. The summed E-state index contributed by atoms with van der Waals surface area (Å²) < 4.78 is 29.4. The molecule has 2 rings (SSSR count). The molecule has 1 aromatic carbocycles. The van der Waals surface area contributed by atoms with E-state index in [9.17, 15) is 4.39 Å². The van der Waals surface area contributed by atoms with Crippen LogP contribution in [0.2, 0.25) is 0 Å². The molecule has 1 aliphatic heterocycles. The van der Waals surface area contributed by atoms with Gasteiger partial charge in [-0.15, -0.1) is 0 Å². The highest BCUT2D eigenvalue weighted by atomic mass is 19.1. The lowest BCUT2D eigenvalue weighted by atomic mass is 10.0. The topological polar surface area (TPSA) is 53.7 Å². The van der Waals surface area contributed by atoms with Gasteiger partial charge in [0.2, 0.25) is 6.79 Å². The van der Waals surface area contributed by atoms with Gasteiger partial charge in [0.05, 0.1) is 7.11 Å². The van der Waals surface area contributed by atoms with E-state index in [1.807, 2.05) is 0 Å². The summed E-state index contributed by atoms with van der Waals surface area (Å²) in [5, 5.41) is 0. The van der Waals surface area contributed by atoms with Gasteiger partial charge >= 0.3 is 0 Å². The summed E-state index contributed by atoms with van der Waals surface area (Å²) in [6.07, 6.45) is 2.42. The molecule has 1 aliphatic rings. The van der Waals surface area contributed by atoms with E-state index in [1.165, 1.54) is 13.2 Å². The van der Waals surface area contributed by atoms with Crippen LogP contribution in [0, 0.1) is 5.82 Å². The van der Waals surface area contributed by atoms with E-state index < -0.39 is 5.82 Å². The first kappa shape index (κ1) is 12.0. The molecule has 4 nitrogen and oxygen atoms in total. The fourth-order valence-electron chi connectivity index (χ4n) is 1.95. The second-order valence-electron chi connectivity index (χ2n) is 3.85. The van der Waals surface area contributed by atoms with Gasteiger partial charge in [0.25, 0.3) is 0 Å². The second-order valence-corrected chi connectivity index (χ2v) is 3.85. The number of benzene rings is 1. The Morgan fingerprint density at radius 1 is 1.41 bits per heavy atom. The number of fused-ring (bicyclic) bond motifs is 1. The first-order chi connectivity index (χ1) is 8.27. The minimum absolute atomic E-state index is 0.131. The van der Waals surface area contributed by atoms with Crippen LogP contribution in [0.4, 0.5) is 4.39 Å². The Morgan fingerprint density at radius 2 is 2.24 bits per heavy atom. The first-order valence-electron chi connectivity index (χ1n) is 5.63. The third kappa shape index (κ3) is 2.29. The highest BCUT2D eigenvalue weighted by molar-refractivity contribution is 5.55. The Bertz CT molecular complexity index is 405. The van der Waals surface area contributed by atoms with Crippen molar-refractivity contribution in [3.8, 4) is 17.2 Å². The zero-order chi connectivity index (χ0) is 12.3. The number of unbranched alkanes of at least 4 members (excludes halogenated alkanes) is 1. The van der Waals surface area contributed by atoms with Crippen molar-refractivity contribution in [2.45, 2.75) is 19.3 Å². The molecule has 0 bridgehead atoms. The van der Waals surface area contributed by atoms with E-state index >= 15 is 0 Å². The van der Waals surface area contributed by atoms with E-state index in [-0.39, 0.29) is 12.5 Å². The van der Waals surface area contributed by atoms with Crippen molar-refractivity contribution in [3.63, 3.8) is 0 Å². The lowest BCUT2D eigenvalue weighted by Gasteiger charge is -2.12. The zero-order valence-corrected chi connectivity index (χ0v) is 9.79. The van der Waals surface area contributed by atoms with Crippen molar-refractivity contribution in [1.29, 1.82) is 0 Å². The van der Waals surface area contributed by atoms with E-state index in [1.54, 1.807) is 0 Å². The maximum absolute atomic E-state index is 13.7. The number of methoxy groups -OCH3 is 1. The number of hydrogen-bond donors (Lipinski definition) is 1. The van der Waals surface area contributed by atoms with Crippen molar-refractivity contribution in [3.05, 3.63) is 17.4 Å². The van der Waals surface area contributed by atoms with Gasteiger partial charge in [-0.2, -0.15) is 0 Å². The van der Waals surface area contributed by atoms with Crippen LogP contribution in [0.15, 0.2) is 6.07 Å². The summed E-state index contributed by atoms with van der Waals surface area (Å²) in [7, 11) is 1.45. The average molecular weight is 241 g/mol. The maximum Gasteiger partial charge on any atom is 0.231 e. The molecule has 1 heterocycles. The van der Waals surface area contributed by atoms with Crippen LogP contribution in [0.25, 0.3) is 0 Å². The van der Waals surface area contributed by atoms with Gasteiger partial charge < -0.3 is 19.9 Å². The molecular formula is C12H16FNO3. The Kier molecular flexibility index (Phi) is 3.68. The molecule has 0 radical (unpaired) electrons. The van der Waals surface area contributed by atoms with E-state index in [2.05, 4.69) is 0 Å². The van der Waals surface area contributed by atoms with Crippen molar-refractivity contribution in [2.24, 2.45) is 5.73 Å². The molecule has 5 heteroatoms. The Labute approximate surface area is 99.5 Å². The van der Waals surface area contributed by atoms with Gasteiger partial charge in [0, 0.05) is 11.6 Å². The zero-order valence-electron chi connectivity index (χ0n) is 9.79. The molecule has 0 fully saturated rings. The van der Waals surface area contributed by atoms with E-state index in [0.29, 0.717) is 24.5 Å². The van der Waals surface area contributed by atoms with Gasteiger partial charge in [-0.3, -0.25) is 0 Å². The predicted molar refractivity (Wildman–Crippen MR) is 61.1 cm³/mol. The van der Waals surface area contributed by atoms with Crippen LogP contribution in [0.3, 0.4) is 0 Å². The van der Waals surface area contributed by atoms with Gasteiger partial charge in [-0.1, -0.05) is 0 Å². The molecule has 0 atom stereocenters. The van der Waals surface area contributed by atoms with Gasteiger partial charge in [0.1, 0.15) is 0 Å². The summed E-state index contributed by atoms with van der Waals surface area (Å²) in [6, 6.07) is 1.30. The van der Waals surface area contributed by atoms with Crippen LogP contribution >= 0.6 is 0 Å². The van der Waals surface area contributed by atoms with Crippen LogP contribution in [-0.2, 0) is 6.42 Å². The van der Waals surface area contributed by atoms with Gasteiger partial charge in [-0.25, -0.2) is 4.39 Å². The Balaban J connectivity index is 2.32. The summed E-state index contributed by atoms with van der Waals surface area (Å²) in [4.78, 5) is 0. The SMILES string of the molecule is COc1c(F)cc2c(c1CCCCN)OCO2. The molecular weight excluding hydrogens is 225 g/mol. The third-order valence-electron chi connectivity index (χ3n) is 2.75. The number of ether oxygens (including phenoxy) is 3. The Morgan fingerprint density at radius 3 is 2.94 bits per heavy atom. The predicted octanol–water partition coefficient (Wildman–Crippen LogP) is 1.84. The van der Waals surface area contributed by atoms with Crippen molar-refractivity contribution >= 4 is 0 Å². The normalized spacial score (nSPS) is 12.9. The number of halogens is 1. The van der Waals surface area contributed by atoms with Crippen molar-refractivity contribution in [1.82, 2.24) is 0 Å². The molecule has 0 spiro atoms. The van der Waals surface area contributed by atoms with Crippen LogP contribution in [0.1, 0.15) is 18.4 Å². The average Bonchev–Trinajstić information content (AvgIpc) is 2.76. The molecule has 94 valence electrons. The maximum atomic E-state index is 13.7. The molecule has 0 saturated carbocycles. The minimum atomic E-state index is -0.417. The molecule has 1 aromatic rings. The standard InChI is InChI=1S/C12H16FNO3/c1-15-11-8(4-2-3-5-14)12-10(6-9(11)13)16-7-17-12/h6H,2-5,7,14H2,1H3. The molecule has 0 aliphatic carbocycles. The summed E-state index contributed by atoms with van der Waals surface area (Å²) in [5.41, 5.74) is 6.17. The highest BCUT2D eigenvalue weighted by Gasteiger charge is 2.24. The quantitative estimate of drug-likeness (QED) is 0.799. The number of hydrogen-bond acceptors (Lipinski definition) is 4.